The first-order chi connectivity index (χ1) is 10.1. The van der Waals surface area contributed by atoms with Gasteiger partial charge in [-0.1, -0.05) is 17.7 Å². The molecule has 0 spiro atoms. The fourth-order valence-corrected chi connectivity index (χ4v) is 2.12. The smallest absolute Gasteiger partial charge is 0.124 e. The minimum absolute atomic E-state index is 0.205. The highest BCUT2D eigenvalue weighted by molar-refractivity contribution is 6.30. The Kier molecular flexibility index (Phi) is 5.38. The van der Waals surface area contributed by atoms with Crippen molar-refractivity contribution in [2.45, 2.75) is 6.04 Å². The summed E-state index contributed by atoms with van der Waals surface area (Å²) >= 11 is 5.89. The molecule has 0 aliphatic rings. The van der Waals surface area contributed by atoms with Gasteiger partial charge in [0.25, 0.3) is 0 Å². The lowest BCUT2D eigenvalue weighted by atomic mass is 10.1. The summed E-state index contributed by atoms with van der Waals surface area (Å²) in [6, 6.07) is 10.8. The van der Waals surface area contributed by atoms with Gasteiger partial charge in [0.05, 0.1) is 13.2 Å². The van der Waals surface area contributed by atoms with Crippen LogP contribution in [0.1, 0.15) is 11.6 Å². The number of ether oxygens (including phenoxy) is 2. The highest BCUT2D eigenvalue weighted by Crippen LogP contribution is 2.27. The fourth-order valence-electron chi connectivity index (χ4n) is 1.94. The molecule has 0 fully saturated rings. The molecule has 0 radical (unpaired) electrons. The molecule has 0 amide bonds. The Morgan fingerprint density at radius 3 is 2.76 bits per heavy atom. The Labute approximate surface area is 127 Å². The van der Waals surface area contributed by atoms with Crippen molar-refractivity contribution in [2.24, 2.45) is 5.84 Å². The van der Waals surface area contributed by atoms with Crippen molar-refractivity contribution in [2.75, 3.05) is 13.7 Å². The third kappa shape index (κ3) is 4.07. The first-order valence-corrected chi connectivity index (χ1v) is 6.69. The monoisotopic (exact) mass is 310 g/mol. The Hall–Kier alpha value is -1.82. The van der Waals surface area contributed by atoms with E-state index in [0.717, 1.165) is 0 Å². The molecule has 112 valence electrons. The average molecular weight is 311 g/mol. The molecular weight excluding hydrogens is 295 g/mol. The van der Waals surface area contributed by atoms with Crippen LogP contribution >= 0.6 is 11.6 Å². The van der Waals surface area contributed by atoms with Gasteiger partial charge in [-0.05, 0) is 36.4 Å². The molecule has 0 heterocycles. The molecule has 2 aromatic rings. The SMILES string of the molecule is COc1ccc(F)cc1C(COc1cccc(Cl)c1)NN. The number of benzene rings is 2. The third-order valence-corrected chi connectivity index (χ3v) is 3.22. The van der Waals surface area contributed by atoms with Crippen LogP contribution in [0.5, 0.6) is 11.5 Å². The number of rotatable bonds is 6. The van der Waals surface area contributed by atoms with Crippen molar-refractivity contribution in [1.29, 1.82) is 0 Å². The molecule has 0 aromatic heterocycles. The third-order valence-electron chi connectivity index (χ3n) is 2.98. The van der Waals surface area contributed by atoms with Crippen LogP contribution in [-0.4, -0.2) is 13.7 Å². The van der Waals surface area contributed by atoms with Crippen molar-refractivity contribution in [3.63, 3.8) is 0 Å². The summed E-state index contributed by atoms with van der Waals surface area (Å²) in [7, 11) is 1.52. The van der Waals surface area contributed by atoms with E-state index in [9.17, 15) is 4.39 Å². The van der Waals surface area contributed by atoms with E-state index in [4.69, 9.17) is 26.9 Å². The largest absolute Gasteiger partial charge is 0.496 e. The molecule has 1 atom stereocenters. The van der Waals surface area contributed by atoms with E-state index in [2.05, 4.69) is 5.43 Å². The maximum absolute atomic E-state index is 13.4. The molecule has 0 saturated carbocycles. The molecule has 2 aromatic carbocycles. The number of halogens is 2. The summed E-state index contributed by atoms with van der Waals surface area (Å²) in [5.41, 5.74) is 3.19. The lowest BCUT2D eigenvalue weighted by molar-refractivity contribution is 0.263. The van der Waals surface area contributed by atoms with Gasteiger partial charge in [0.2, 0.25) is 0 Å². The predicted octanol–water partition coefficient (Wildman–Crippen LogP) is 3.07. The summed E-state index contributed by atoms with van der Waals surface area (Å²) in [6.07, 6.45) is 0. The molecule has 0 saturated heterocycles. The summed E-state index contributed by atoms with van der Waals surface area (Å²) in [4.78, 5) is 0. The van der Waals surface area contributed by atoms with Crippen LogP contribution in [0.2, 0.25) is 5.02 Å². The minimum atomic E-state index is -0.422. The Balaban J connectivity index is 2.15. The molecular formula is C15H16ClFN2O2. The van der Waals surface area contributed by atoms with Crippen LogP contribution in [-0.2, 0) is 0 Å². The summed E-state index contributed by atoms with van der Waals surface area (Å²) < 4.78 is 24.3. The van der Waals surface area contributed by atoms with Gasteiger partial charge in [-0.25, -0.2) is 9.82 Å². The molecule has 6 heteroatoms. The van der Waals surface area contributed by atoms with Gasteiger partial charge < -0.3 is 9.47 Å². The molecule has 1 unspecified atom stereocenters. The van der Waals surface area contributed by atoms with Crippen molar-refractivity contribution in [3.8, 4) is 11.5 Å². The van der Waals surface area contributed by atoms with E-state index in [1.807, 2.05) is 0 Å². The predicted molar refractivity (Wildman–Crippen MR) is 80.0 cm³/mol. The van der Waals surface area contributed by atoms with Gasteiger partial charge in [0, 0.05) is 10.6 Å². The highest BCUT2D eigenvalue weighted by Gasteiger charge is 2.16. The molecule has 3 N–H and O–H groups in total. The van der Waals surface area contributed by atoms with E-state index in [0.29, 0.717) is 22.1 Å². The number of hydrogen-bond donors (Lipinski definition) is 2. The molecule has 0 bridgehead atoms. The summed E-state index contributed by atoms with van der Waals surface area (Å²) in [5.74, 6) is 6.32. The van der Waals surface area contributed by atoms with Gasteiger partial charge in [-0.15, -0.1) is 0 Å². The van der Waals surface area contributed by atoms with Crippen LogP contribution in [0.25, 0.3) is 0 Å². The van der Waals surface area contributed by atoms with E-state index in [1.165, 1.54) is 19.2 Å². The Morgan fingerprint density at radius 1 is 1.29 bits per heavy atom. The van der Waals surface area contributed by atoms with Crippen molar-refractivity contribution in [1.82, 2.24) is 5.43 Å². The van der Waals surface area contributed by atoms with E-state index in [-0.39, 0.29) is 12.4 Å². The topological polar surface area (TPSA) is 56.5 Å². The van der Waals surface area contributed by atoms with Gasteiger partial charge in [0.15, 0.2) is 0 Å². The quantitative estimate of drug-likeness (QED) is 0.636. The minimum Gasteiger partial charge on any atom is -0.496 e. The number of nitrogens with two attached hydrogens (primary N) is 1. The maximum atomic E-state index is 13.4. The van der Waals surface area contributed by atoms with Crippen LogP contribution in [0.3, 0.4) is 0 Å². The van der Waals surface area contributed by atoms with E-state index in [1.54, 1.807) is 30.3 Å². The molecule has 0 aliphatic carbocycles. The van der Waals surface area contributed by atoms with Gasteiger partial charge in [-0.2, -0.15) is 0 Å². The van der Waals surface area contributed by atoms with Crippen LogP contribution in [0.15, 0.2) is 42.5 Å². The first kappa shape index (κ1) is 15.6. The number of nitrogens with one attached hydrogen (secondary N) is 1. The fraction of sp³-hybridized carbons (Fsp3) is 0.200. The number of hydrazine groups is 1. The number of methoxy groups -OCH3 is 1. The second kappa shape index (κ2) is 7.26. The summed E-state index contributed by atoms with van der Waals surface area (Å²) in [5, 5.41) is 0.577. The standard InChI is InChI=1S/C15H16ClFN2O2/c1-20-15-6-5-11(17)8-13(15)14(19-18)9-21-12-4-2-3-10(16)7-12/h2-8,14,19H,9,18H2,1H3. The second-order valence-corrected chi connectivity index (χ2v) is 4.81. The van der Waals surface area contributed by atoms with Crippen LogP contribution < -0.4 is 20.7 Å². The molecule has 21 heavy (non-hydrogen) atoms. The van der Waals surface area contributed by atoms with Gasteiger partial charge in [-0.3, -0.25) is 5.84 Å². The highest BCUT2D eigenvalue weighted by atomic mass is 35.5. The van der Waals surface area contributed by atoms with Gasteiger partial charge in [0.1, 0.15) is 23.9 Å². The maximum Gasteiger partial charge on any atom is 0.124 e. The average Bonchev–Trinajstić information content (AvgIpc) is 2.48. The van der Waals surface area contributed by atoms with Crippen molar-refractivity contribution in [3.05, 3.63) is 58.9 Å². The van der Waals surface area contributed by atoms with Gasteiger partial charge >= 0.3 is 0 Å². The molecule has 4 nitrogen and oxygen atoms in total. The van der Waals surface area contributed by atoms with Crippen molar-refractivity contribution >= 4 is 11.6 Å². The zero-order chi connectivity index (χ0) is 15.2. The number of hydrogen-bond acceptors (Lipinski definition) is 4. The van der Waals surface area contributed by atoms with E-state index >= 15 is 0 Å². The second-order valence-electron chi connectivity index (χ2n) is 4.37. The molecule has 0 aliphatic heterocycles. The zero-order valence-corrected chi connectivity index (χ0v) is 12.2. The summed E-state index contributed by atoms with van der Waals surface area (Å²) in [6.45, 7) is 0.205. The van der Waals surface area contributed by atoms with E-state index < -0.39 is 6.04 Å². The van der Waals surface area contributed by atoms with Crippen LogP contribution in [0.4, 0.5) is 4.39 Å². The lowest BCUT2D eigenvalue weighted by Crippen LogP contribution is -2.32. The normalized spacial score (nSPS) is 12.0. The first-order valence-electron chi connectivity index (χ1n) is 6.32. The Morgan fingerprint density at radius 2 is 2.10 bits per heavy atom. The molecule has 2 rings (SSSR count). The van der Waals surface area contributed by atoms with Crippen LogP contribution in [0, 0.1) is 5.82 Å². The zero-order valence-electron chi connectivity index (χ0n) is 11.5. The lowest BCUT2D eigenvalue weighted by Gasteiger charge is -2.19. The van der Waals surface area contributed by atoms with Crippen molar-refractivity contribution < 1.29 is 13.9 Å². The Bertz CT molecular complexity index is 610.